The molecule has 2 aromatic carbocycles. The summed E-state index contributed by atoms with van der Waals surface area (Å²) in [7, 11) is -16.7. The van der Waals surface area contributed by atoms with Crippen molar-refractivity contribution >= 4 is 92.1 Å². The molecule has 4 atom stereocenters. The highest BCUT2D eigenvalue weighted by atomic mass is 35.5. The smallest absolute Gasteiger partial charge is 0.478 e. The molecule has 22 nitrogen and oxygen atoms in total. The van der Waals surface area contributed by atoms with Crippen molar-refractivity contribution in [3.05, 3.63) is 86.1 Å². The predicted octanol–water partition coefficient (Wildman–Crippen LogP) is 7.31. The molecule has 3 aliphatic rings. The zero-order chi connectivity index (χ0) is 49.5. The second kappa shape index (κ2) is 20.0. The van der Waals surface area contributed by atoms with Gasteiger partial charge in [0.05, 0.1) is 56.7 Å². The summed E-state index contributed by atoms with van der Waals surface area (Å²) in [6, 6.07) is 8.46. The molecule has 360 valence electrons. The summed E-state index contributed by atoms with van der Waals surface area (Å²) in [5.74, 6) is 4.16. The average molecular weight is 1040 g/mol. The number of nitrogens with two attached hydrogens (primary N) is 1. The van der Waals surface area contributed by atoms with Crippen molar-refractivity contribution in [2.24, 2.45) is 4.99 Å². The van der Waals surface area contributed by atoms with Crippen molar-refractivity contribution < 1.29 is 70.3 Å². The van der Waals surface area contributed by atoms with Crippen LogP contribution in [0.15, 0.2) is 52.3 Å². The molecule has 7 rings (SSSR count). The number of benzene rings is 3. The molecule has 1 fully saturated rings. The lowest BCUT2D eigenvalue weighted by Gasteiger charge is -2.21. The highest BCUT2D eigenvalue weighted by Crippen LogP contribution is 2.66. The second-order valence-electron chi connectivity index (χ2n) is 15.1. The number of phosphoric ester groups is 1. The molecule has 0 bridgehead atoms. The molecule has 1 saturated heterocycles. The van der Waals surface area contributed by atoms with Gasteiger partial charge in [0.25, 0.3) is 5.91 Å². The van der Waals surface area contributed by atoms with Crippen LogP contribution in [0.1, 0.15) is 70.3 Å². The predicted molar refractivity (Wildman–Crippen MR) is 249 cm³/mol. The summed E-state index contributed by atoms with van der Waals surface area (Å²) in [6.07, 6.45) is 1.65. The van der Waals surface area contributed by atoms with Crippen LogP contribution in [0.2, 0.25) is 10.0 Å². The van der Waals surface area contributed by atoms with E-state index < -0.39 is 54.3 Å². The van der Waals surface area contributed by atoms with Gasteiger partial charge in [0.15, 0.2) is 0 Å². The average Bonchev–Trinajstić information content (AvgIpc) is 3.87. The van der Waals surface area contributed by atoms with Gasteiger partial charge < -0.3 is 54.8 Å². The molecular formula is C41H42Cl2N7O15P3. The summed E-state index contributed by atoms with van der Waals surface area (Å²) in [4.78, 5) is 76.8. The maximum atomic E-state index is 14.0. The third kappa shape index (κ3) is 11.0. The zero-order valence-corrected chi connectivity index (χ0v) is 40.4. The Morgan fingerprint density at radius 1 is 1.00 bits per heavy atom. The number of aromatic nitrogens is 3. The van der Waals surface area contributed by atoms with Crippen LogP contribution in [0, 0.1) is 25.7 Å². The van der Waals surface area contributed by atoms with Crippen LogP contribution >= 0.6 is 46.7 Å². The Bertz CT molecular complexity index is 3280. The van der Waals surface area contributed by atoms with E-state index in [1.54, 1.807) is 16.8 Å². The molecule has 27 heteroatoms. The molecule has 4 aromatic rings. The van der Waals surface area contributed by atoms with E-state index in [4.69, 9.17) is 52.4 Å². The summed E-state index contributed by atoms with van der Waals surface area (Å²) >= 11 is 13.9. The minimum absolute atomic E-state index is 0.00226. The monoisotopic (exact) mass is 1040 g/mol. The Morgan fingerprint density at radius 2 is 1.75 bits per heavy atom. The number of hydrogen-bond acceptors (Lipinski definition) is 15. The van der Waals surface area contributed by atoms with Crippen molar-refractivity contribution in [1.29, 1.82) is 0 Å². The number of nitrogens with one attached hydrogen (secondary N) is 2. The summed E-state index contributed by atoms with van der Waals surface area (Å²) in [5, 5.41) is 17.7. The van der Waals surface area contributed by atoms with Gasteiger partial charge in [-0.15, -0.1) is 0 Å². The van der Waals surface area contributed by atoms with Crippen LogP contribution in [0.25, 0.3) is 44.5 Å². The first-order valence-electron chi connectivity index (χ1n) is 20.3. The van der Waals surface area contributed by atoms with Gasteiger partial charge in [0.1, 0.15) is 35.4 Å². The van der Waals surface area contributed by atoms with Gasteiger partial charge in [-0.05, 0) is 69.9 Å². The Labute approximate surface area is 396 Å². The van der Waals surface area contributed by atoms with Crippen molar-refractivity contribution in [3.63, 3.8) is 0 Å². The van der Waals surface area contributed by atoms with E-state index in [0.717, 1.165) is 16.8 Å². The zero-order valence-electron chi connectivity index (χ0n) is 36.2. The highest BCUT2D eigenvalue weighted by Gasteiger charge is 2.42. The molecule has 2 aliphatic heterocycles. The number of carbonyl (C=O) groups is 2. The van der Waals surface area contributed by atoms with Crippen molar-refractivity contribution in [2.45, 2.75) is 52.9 Å². The summed E-state index contributed by atoms with van der Waals surface area (Å²) in [6.45, 7) is 7.84. The number of anilines is 2. The van der Waals surface area contributed by atoms with Gasteiger partial charge in [-0.1, -0.05) is 35.0 Å². The van der Waals surface area contributed by atoms with Gasteiger partial charge in [0.2, 0.25) is 0 Å². The topological polar surface area (TPSA) is 330 Å². The van der Waals surface area contributed by atoms with E-state index in [2.05, 4.69) is 46.1 Å². The number of carboxylic acids is 1. The van der Waals surface area contributed by atoms with Crippen molar-refractivity contribution in [1.82, 2.24) is 19.9 Å². The fourth-order valence-electron chi connectivity index (χ4n) is 7.69. The quantitative estimate of drug-likeness (QED) is 0.0284. The molecule has 2 aromatic heterocycles. The molecule has 68 heavy (non-hydrogen) atoms. The second-order valence-corrected chi connectivity index (χ2v) is 20.3. The van der Waals surface area contributed by atoms with Crippen molar-refractivity contribution in [3.8, 4) is 34.3 Å². The van der Waals surface area contributed by atoms with E-state index in [0.29, 0.717) is 69.3 Å². The number of aryl methyl sites for hydroxylation is 2. The first kappa shape index (κ1) is 50.7. The molecule has 4 heterocycles. The number of nitrogen functional groups attached to an aromatic ring is 1. The van der Waals surface area contributed by atoms with Gasteiger partial charge in [-0.2, -0.15) is 8.62 Å². The number of carbonyl (C=O) groups excluding carboxylic acids is 1. The minimum atomic E-state index is -5.71. The van der Waals surface area contributed by atoms with Crippen LogP contribution in [-0.2, 0) is 31.6 Å². The Balaban J connectivity index is 1.17. The number of ether oxygens (including phenoxy) is 1. The SMILES string of the molecule is CCN=c1cc2oc3cc(NCC)c(C)cc3c(-c3c(Cl)c(C(=O)NCC#Cc4cn([C@H]5CC[C@@H](COP(=O)(O)OP(=O)(O)OP(=O)(O)O)O5)c5ncnc(N)c45)cc(Cl)c3C(=O)O)c-2cc1C. The Morgan fingerprint density at radius 3 is 2.44 bits per heavy atom. The Hall–Kier alpha value is -5.20. The first-order valence-corrected chi connectivity index (χ1v) is 25.6. The van der Waals surface area contributed by atoms with E-state index in [9.17, 15) is 38.2 Å². The van der Waals surface area contributed by atoms with Crippen LogP contribution < -0.4 is 21.7 Å². The van der Waals surface area contributed by atoms with Crippen LogP contribution in [0.5, 0.6) is 0 Å². The number of nitrogens with zero attached hydrogens (tertiary/aromatic N) is 4. The van der Waals surface area contributed by atoms with E-state index >= 15 is 0 Å². The fraction of sp³-hybridized carbons (Fsp3) is 0.293. The minimum Gasteiger partial charge on any atom is -0.478 e. The maximum absolute atomic E-state index is 14.0. The molecule has 0 spiro atoms. The summed E-state index contributed by atoms with van der Waals surface area (Å²) in [5.41, 5.74) is 10.1. The molecule has 0 saturated carbocycles. The lowest BCUT2D eigenvalue weighted by Crippen LogP contribution is -2.24. The lowest BCUT2D eigenvalue weighted by atomic mass is 9.88. The maximum Gasteiger partial charge on any atom is 0.490 e. The number of hydrogen-bond donors (Lipinski definition) is 8. The van der Waals surface area contributed by atoms with E-state index in [-0.39, 0.29) is 45.5 Å². The number of fused-ring (bicyclic) bond motifs is 3. The number of rotatable bonds is 15. The normalized spacial score (nSPS) is 17.2. The number of carboxylic acid groups (broad SMARTS) is 1. The Kier molecular flexibility index (Phi) is 14.9. The fourth-order valence-corrected chi connectivity index (χ4v) is 11.4. The van der Waals surface area contributed by atoms with Gasteiger partial charge in [-0.3, -0.25) is 14.3 Å². The third-order valence-electron chi connectivity index (χ3n) is 10.4. The van der Waals surface area contributed by atoms with E-state index in [1.165, 1.54) is 12.4 Å². The number of phosphoric acid groups is 3. The first-order chi connectivity index (χ1) is 32.0. The molecule has 1 amide bonds. The third-order valence-corrected chi connectivity index (χ3v) is 14.9. The molecule has 1 aliphatic carbocycles. The van der Waals surface area contributed by atoms with Crippen LogP contribution in [0.4, 0.5) is 11.5 Å². The standard InChI is InChI=1S/C41H42Cl2N7O15P3/c1-5-45-28-15-30-24(12-20(28)3)34(25-13-21(4)29(46-6-2)16-31(25)63-30)36-35(41(52)53)27(42)14-26(37(36)43)40(51)47-11-7-8-22-17-50(39-33(22)38(44)48-19-49-39)32-10-9-23(62-32)18-61-67(57,58)65-68(59,60)64-66(54,55)56/h12-17,19,23,32,45H,5-6,9-11,18H2,1-4H3,(H,47,51)(H,52,53)(H,57,58)(H,59,60)(H2,44,48,49)(H2,54,55,56)/t23-,32+/m0/s1. The molecular weight excluding hydrogens is 994 g/mol. The number of amides is 1. The molecule has 0 radical (unpaired) electrons. The highest BCUT2D eigenvalue weighted by molar-refractivity contribution is 7.66. The van der Waals surface area contributed by atoms with Crippen LogP contribution in [-0.4, -0.2) is 83.4 Å². The molecule has 9 N–H and O–H groups in total. The molecule has 2 unspecified atom stereocenters. The number of aromatic carboxylic acids is 1. The van der Waals surface area contributed by atoms with Gasteiger partial charge in [0, 0.05) is 59.2 Å². The van der Waals surface area contributed by atoms with Crippen molar-refractivity contribution in [2.75, 3.05) is 37.3 Å². The van der Waals surface area contributed by atoms with Gasteiger partial charge in [-0.25, -0.2) is 28.5 Å². The summed E-state index contributed by atoms with van der Waals surface area (Å²) < 4.78 is 61.2. The van der Waals surface area contributed by atoms with Gasteiger partial charge >= 0.3 is 29.4 Å². The van der Waals surface area contributed by atoms with E-state index in [1.807, 2.05) is 45.9 Å². The number of halogens is 2. The lowest BCUT2D eigenvalue weighted by molar-refractivity contribution is -0.0202. The van der Waals surface area contributed by atoms with Crippen LogP contribution in [0.3, 0.4) is 0 Å². The largest absolute Gasteiger partial charge is 0.490 e.